The number of methoxy groups -OCH3 is 2. The van der Waals surface area contributed by atoms with E-state index in [-0.39, 0.29) is 63.0 Å². The number of aromatic amines is 2. The zero-order valence-corrected chi connectivity index (χ0v) is 40.0. The summed E-state index contributed by atoms with van der Waals surface area (Å²) in [6, 6.07) is 15.7. The maximum absolute atomic E-state index is 12.5. The number of ether oxygens (including phenoxy) is 4. The molecule has 0 saturated heterocycles. The lowest BCUT2D eigenvalue weighted by atomic mass is 10.1. The van der Waals surface area contributed by atoms with Gasteiger partial charge in [-0.1, -0.05) is 79.3 Å². The van der Waals surface area contributed by atoms with Gasteiger partial charge in [0.25, 0.3) is 0 Å². The molecular formula is C42H65BrN10O10P2. The predicted octanol–water partition coefficient (Wildman–Crippen LogP) is 7.16. The van der Waals surface area contributed by atoms with Crippen molar-refractivity contribution in [2.45, 2.75) is 60.2 Å². The van der Waals surface area contributed by atoms with Gasteiger partial charge in [0, 0.05) is 39.0 Å². The fraction of sp³-hybridized carbons (Fsp3) is 0.476. The lowest BCUT2D eigenvalue weighted by Gasteiger charge is -2.13. The molecule has 0 radical (unpaired) electrons. The summed E-state index contributed by atoms with van der Waals surface area (Å²) < 4.78 is 51.8. The van der Waals surface area contributed by atoms with E-state index in [9.17, 15) is 14.2 Å². The van der Waals surface area contributed by atoms with Crippen LogP contribution in [0.15, 0.2) is 58.1 Å². The average Bonchev–Trinajstić information content (AvgIpc) is 3.73. The Kier molecular flexibility index (Phi) is 24.6. The molecule has 0 fully saturated rings. The highest BCUT2D eigenvalue weighted by atomic mass is 79.9. The van der Waals surface area contributed by atoms with Crippen molar-refractivity contribution in [3.05, 3.63) is 91.8 Å². The van der Waals surface area contributed by atoms with E-state index in [1.54, 1.807) is 20.9 Å². The maximum atomic E-state index is 12.5. The molecule has 6 rings (SSSR count). The lowest BCUT2D eigenvalue weighted by molar-refractivity contribution is 0.141. The number of hydrogen-bond donors (Lipinski definition) is 4. The first-order valence-electron chi connectivity index (χ1n) is 19.9. The predicted molar refractivity (Wildman–Crippen MR) is 262 cm³/mol. The third-order valence-corrected chi connectivity index (χ3v) is 12.2. The van der Waals surface area contributed by atoms with E-state index in [0.717, 1.165) is 40.8 Å². The third kappa shape index (κ3) is 17.2. The number of alkyl halides is 1. The fourth-order valence-corrected chi connectivity index (χ4v) is 8.62. The second kappa shape index (κ2) is 28.3. The van der Waals surface area contributed by atoms with Crippen LogP contribution in [0.4, 0.5) is 11.6 Å². The summed E-state index contributed by atoms with van der Waals surface area (Å²) in [6.07, 6.45) is 0.323. The second-order valence-corrected chi connectivity index (χ2v) is 18.1. The highest BCUT2D eigenvalue weighted by Gasteiger charge is 2.19. The molecule has 1 atom stereocenters. The van der Waals surface area contributed by atoms with Crippen LogP contribution in [0.2, 0.25) is 0 Å². The molecule has 0 amide bonds. The van der Waals surface area contributed by atoms with E-state index >= 15 is 0 Å². The molecule has 360 valence electrons. The lowest BCUT2D eigenvalue weighted by Crippen LogP contribution is -2.18. The highest BCUT2D eigenvalue weighted by molar-refractivity contribution is 9.08. The van der Waals surface area contributed by atoms with Gasteiger partial charge in [-0.05, 0) is 43.0 Å². The van der Waals surface area contributed by atoms with Crippen molar-refractivity contribution >= 4 is 65.6 Å². The van der Waals surface area contributed by atoms with E-state index in [1.807, 2.05) is 76.0 Å². The summed E-state index contributed by atoms with van der Waals surface area (Å²) in [4.78, 5) is 47.0. The van der Waals surface area contributed by atoms with E-state index in [2.05, 4.69) is 45.8 Å². The van der Waals surface area contributed by atoms with Crippen molar-refractivity contribution in [3.63, 3.8) is 0 Å². The Hall–Kier alpha value is -4.72. The monoisotopic (exact) mass is 1010 g/mol. The number of nitrogens with two attached hydrogens (primary N) is 2. The van der Waals surface area contributed by atoms with Crippen LogP contribution in [0.25, 0.3) is 22.3 Å². The largest absolute Gasteiger partial charge is 0.461 e. The number of nitrogens with one attached hydrogen (secondary N) is 2. The fourth-order valence-electron chi connectivity index (χ4n) is 5.97. The number of nitrogens with zero attached hydrogens (tertiary/aromatic N) is 6. The molecule has 20 nitrogen and oxygen atoms in total. The number of fused-ring (bicyclic) bond motifs is 2. The van der Waals surface area contributed by atoms with Gasteiger partial charge in [-0.3, -0.25) is 13.7 Å². The van der Waals surface area contributed by atoms with Crippen molar-refractivity contribution in [1.82, 2.24) is 39.0 Å². The van der Waals surface area contributed by atoms with Crippen LogP contribution in [-0.2, 0) is 52.2 Å². The molecular weight excluding hydrogens is 946 g/mol. The zero-order chi connectivity index (χ0) is 45.9. The molecule has 65 heavy (non-hydrogen) atoms. The molecule has 4 heterocycles. The normalized spacial score (nSPS) is 11.8. The smallest absolute Gasteiger partial charge is 0.328 e. The van der Waals surface area contributed by atoms with Gasteiger partial charge in [-0.15, -0.1) is 0 Å². The first-order chi connectivity index (χ1) is 30.3. The minimum atomic E-state index is -2.72. The number of H-pyrrole nitrogens is 2. The molecule has 0 spiro atoms. The van der Waals surface area contributed by atoms with Gasteiger partial charge in [0.2, 0.25) is 7.37 Å². The Morgan fingerprint density at radius 1 is 0.692 bits per heavy atom. The molecule has 0 aliphatic rings. The summed E-state index contributed by atoms with van der Waals surface area (Å²) in [5, 5.41) is 0.746. The summed E-state index contributed by atoms with van der Waals surface area (Å²) >= 11 is 3.43. The van der Waals surface area contributed by atoms with Crippen LogP contribution in [0.3, 0.4) is 0 Å². The van der Waals surface area contributed by atoms with Crippen molar-refractivity contribution in [2.75, 3.05) is 85.3 Å². The maximum Gasteiger partial charge on any atom is 0.328 e. The van der Waals surface area contributed by atoms with Gasteiger partial charge in [0.15, 0.2) is 31.3 Å². The van der Waals surface area contributed by atoms with Gasteiger partial charge in [-0.2, -0.15) is 19.9 Å². The Bertz CT molecular complexity index is 2530. The van der Waals surface area contributed by atoms with Crippen molar-refractivity contribution in [3.8, 4) is 12.0 Å². The molecule has 1 unspecified atom stereocenters. The van der Waals surface area contributed by atoms with E-state index in [4.69, 9.17) is 44.0 Å². The molecule has 4 aromatic heterocycles. The Labute approximate surface area is 389 Å². The first-order valence-corrected chi connectivity index (χ1v) is 24.9. The van der Waals surface area contributed by atoms with Gasteiger partial charge in [0.1, 0.15) is 24.2 Å². The number of halogens is 1. The number of nitrogen functional groups attached to an aromatic ring is 2. The Balaban J connectivity index is 0.000000377. The van der Waals surface area contributed by atoms with Crippen LogP contribution < -0.4 is 32.3 Å². The number of benzene rings is 2. The molecule has 6 N–H and O–H groups in total. The summed E-state index contributed by atoms with van der Waals surface area (Å²) in [7, 11) is -0.162. The first kappa shape index (κ1) is 56.4. The van der Waals surface area contributed by atoms with Gasteiger partial charge in [-0.25, -0.2) is 9.59 Å². The van der Waals surface area contributed by atoms with Crippen molar-refractivity contribution in [2.24, 2.45) is 0 Å². The third-order valence-electron chi connectivity index (χ3n) is 8.61. The summed E-state index contributed by atoms with van der Waals surface area (Å²) in [6.45, 7) is 13.2. The van der Waals surface area contributed by atoms with Crippen LogP contribution in [0.1, 0.15) is 57.9 Å². The van der Waals surface area contributed by atoms with Crippen LogP contribution in [0, 0.1) is 0 Å². The molecule has 0 aliphatic heterocycles. The van der Waals surface area contributed by atoms with Crippen LogP contribution in [0.5, 0.6) is 12.0 Å². The van der Waals surface area contributed by atoms with Crippen molar-refractivity contribution < 1.29 is 37.1 Å². The van der Waals surface area contributed by atoms with E-state index in [1.165, 1.54) is 9.13 Å². The quantitative estimate of drug-likeness (QED) is 0.0317. The SMILES string of the molecule is C.C.CCOP(C)(=O)Cc1cccc(Cn2c(=O)[nH]c3c(N)nc(OCCOC)nc32)c1.CCOP(C)OCC.COCCOc1nc(N)c2[nH]c(=O)n(Cc3cccc(CBr)c3)c2n1. The highest BCUT2D eigenvalue weighted by Crippen LogP contribution is 2.46. The van der Waals surface area contributed by atoms with Gasteiger partial charge >= 0.3 is 23.4 Å². The van der Waals surface area contributed by atoms with E-state index < -0.39 is 15.7 Å². The number of hydrogen-bond acceptors (Lipinski definition) is 16. The van der Waals surface area contributed by atoms with Gasteiger partial charge in [0.05, 0.1) is 46.1 Å². The van der Waals surface area contributed by atoms with Crippen molar-refractivity contribution in [1.29, 1.82) is 0 Å². The number of imidazole rings is 2. The number of aromatic nitrogens is 8. The molecule has 23 heteroatoms. The average molecular weight is 1010 g/mol. The summed E-state index contributed by atoms with van der Waals surface area (Å²) in [5.74, 6) is 0.295. The Morgan fingerprint density at radius 3 is 1.54 bits per heavy atom. The minimum absolute atomic E-state index is 0. The molecule has 2 aromatic carbocycles. The van der Waals surface area contributed by atoms with Gasteiger partial charge < -0.3 is 54.0 Å². The van der Waals surface area contributed by atoms with Crippen LogP contribution in [-0.4, -0.2) is 113 Å². The molecule has 0 saturated carbocycles. The molecule has 0 bridgehead atoms. The Morgan fingerprint density at radius 2 is 1.12 bits per heavy atom. The van der Waals surface area contributed by atoms with E-state index in [0.29, 0.717) is 61.5 Å². The minimum Gasteiger partial charge on any atom is -0.461 e. The standard InChI is InChI=1S/C19H26N5O5P.C16H18BrN5O3.C5H13O2P.2CH4/c1-4-29-30(3,26)12-14-7-5-6-13(10-14)11-24-17-15(21-19(24)25)16(20)22-18(23-17)28-9-8-27-2;1-24-5-6-25-15-20-13(18)12-14(21-15)22(16(23)19-12)9-11-4-2-3-10(7-11)8-17;1-4-6-8(3)7-5-2;;/h5-7,10H,4,8-9,11-12H2,1-3H3,(H,21,25)(H2,20,22,23);2-4,7H,5-6,8-9H2,1H3,(H,19,23)(H2,18,20,21);4-5H2,1-3H3;2*1H4. The van der Waals surface area contributed by atoms with Crippen LogP contribution >= 0.6 is 31.7 Å². The molecule has 0 aliphatic carbocycles. The zero-order valence-electron chi connectivity index (χ0n) is 36.6. The number of rotatable bonds is 21. The topological polar surface area (TPSA) is 261 Å². The molecule has 6 aromatic rings. The second-order valence-electron chi connectivity index (χ2n) is 13.5. The number of anilines is 2. The summed E-state index contributed by atoms with van der Waals surface area (Å²) in [5.41, 5.74) is 16.6.